The van der Waals surface area contributed by atoms with Gasteiger partial charge in [-0.3, -0.25) is 4.99 Å². The van der Waals surface area contributed by atoms with Crippen LogP contribution in [0.5, 0.6) is 0 Å². The molecule has 0 fully saturated rings. The summed E-state index contributed by atoms with van der Waals surface area (Å²) in [5, 5.41) is 2.39. The topological polar surface area (TPSA) is 89.4 Å². The van der Waals surface area contributed by atoms with Crippen molar-refractivity contribution in [3.05, 3.63) is 247 Å². The summed E-state index contributed by atoms with van der Waals surface area (Å²) in [6.07, 6.45) is 0. The summed E-state index contributed by atoms with van der Waals surface area (Å²) in [5.74, 6) is 2.89. The normalized spacial score (nSPS) is 11.8. The van der Waals surface area contributed by atoms with Gasteiger partial charge in [0.1, 0.15) is 5.84 Å². The van der Waals surface area contributed by atoms with Gasteiger partial charge in [0, 0.05) is 27.8 Å². The molecule has 0 atom stereocenters. The van der Waals surface area contributed by atoms with Gasteiger partial charge in [-0.15, -0.1) is 0 Å². The van der Waals surface area contributed by atoms with Gasteiger partial charge in [0.25, 0.3) is 0 Å². The van der Waals surface area contributed by atoms with Gasteiger partial charge in [0.05, 0.1) is 6.54 Å². The summed E-state index contributed by atoms with van der Waals surface area (Å²) < 4.78 is 0. The molecule has 9 aromatic carbocycles. The summed E-state index contributed by atoms with van der Waals surface area (Å²) >= 11 is 0. The van der Waals surface area contributed by atoms with E-state index in [0.29, 0.717) is 35.7 Å². The summed E-state index contributed by atoms with van der Waals surface area (Å²) in [4.78, 5) is 24.7. The molecule has 10 rings (SSSR count). The molecule has 0 radical (unpaired) electrons. The highest BCUT2D eigenvalue weighted by Crippen LogP contribution is 2.43. The molecule has 304 valence electrons. The molecule has 0 saturated heterocycles. The minimum atomic E-state index is 0.423. The third kappa shape index (κ3) is 8.49. The Kier molecular flexibility index (Phi) is 11.2. The lowest BCUT2D eigenvalue weighted by atomic mass is 9.86. The van der Waals surface area contributed by atoms with Crippen LogP contribution in [0.15, 0.2) is 241 Å². The minimum Gasteiger partial charge on any atom is -0.383 e. The van der Waals surface area contributed by atoms with Crippen LogP contribution in [0.3, 0.4) is 0 Å². The van der Waals surface area contributed by atoms with Crippen molar-refractivity contribution in [2.45, 2.75) is 6.54 Å². The average molecular weight is 823 g/mol. The molecule has 64 heavy (non-hydrogen) atoms. The Bertz CT molecular complexity index is 3190. The molecule has 0 aliphatic rings. The fourth-order valence-corrected chi connectivity index (χ4v) is 8.03. The van der Waals surface area contributed by atoms with Crippen molar-refractivity contribution in [1.29, 1.82) is 0 Å². The maximum atomic E-state index is 6.49. The minimum absolute atomic E-state index is 0.423. The highest BCUT2D eigenvalue weighted by molar-refractivity contribution is 6.11. The zero-order valence-electron chi connectivity index (χ0n) is 35.0. The fraction of sp³-hybridized carbons (Fsp3) is 0.0172. The van der Waals surface area contributed by atoms with Crippen LogP contribution in [0.1, 0.15) is 16.7 Å². The Labute approximate surface area is 372 Å². The summed E-state index contributed by atoms with van der Waals surface area (Å²) in [6, 6.07) is 78.9. The molecule has 6 nitrogen and oxygen atoms in total. The molecule has 0 aliphatic heterocycles. The Balaban J connectivity index is 1.04. The third-order valence-corrected chi connectivity index (χ3v) is 11.3. The third-order valence-electron chi connectivity index (χ3n) is 11.3. The molecule has 10 aromatic rings. The summed E-state index contributed by atoms with van der Waals surface area (Å²) in [5.41, 5.74) is 18.8. The lowest BCUT2D eigenvalue weighted by Crippen LogP contribution is -2.16. The van der Waals surface area contributed by atoms with Crippen molar-refractivity contribution in [3.63, 3.8) is 0 Å². The number of fused-ring (bicyclic) bond motifs is 1. The monoisotopic (exact) mass is 822 g/mol. The molecule has 1 heterocycles. The first kappa shape index (κ1) is 39.5. The predicted molar refractivity (Wildman–Crippen MR) is 264 cm³/mol. The molecule has 1 aromatic heterocycles. The Morgan fingerprint density at radius 2 is 0.828 bits per heavy atom. The van der Waals surface area contributed by atoms with Crippen LogP contribution < -0.4 is 5.73 Å². The molecular formula is C58H42N6. The molecule has 0 amide bonds. The van der Waals surface area contributed by atoms with E-state index in [1.165, 1.54) is 16.3 Å². The number of nitrogens with zero attached hydrogens (tertiary/aromatic N) is 5. The highest BCUT2D eigenvalue weighted by Gasteiger charge is 2.18. The second-order valence-corrected chi connectivity index (χ2v) is 15.4. The van der Waals surface area contributed by atoms with E-state index in [9.17, 15) is 0 Å². The number of nitrogens with two attached hydrogens (primary N) is 1. The first-order valence-corrected chi connectivity index (χ1v) is 21.3. The van der Waals surface area contributed by atoms with Crippen molar-refractivity contribution >= 4 is 22.4 Å². The molecule has 0 aliphatic carbocycles. The van der Waals surface area contributed by atoms with Gasteiger partial charge in [0.15, 0.2) is 23.3 Å². The van der Waals surface area contributed by atoms with E-state index in [1.807, 2.05) is 121 Å². The van der Waals surface area contributed by atoms with E-state index in [4.69, 9.17) is 30.7 Å². The van der Waals surface area contributed by atoms with Crippen LogP contribution >= 0.6 is 0 Å². The zero-order chi connectivity index (χ0) is 43.1. The molecule has 0 saturated carbocycles. The van der Waals surface area contributed by atoms with Gasteiger partial charge >= 0.3 is 0 Å². The summed E-state index contributed by atoms with van der Waals surface area (Å²) in [6.45, 7) is 0.440. The standard InChI is InChI=1S/C58H42N6/c59-54(44-18-5-1-6-19-44)61-55(45-20-7-2-8-21-45)60-39-40-31-33-42(34-32-40)50-28-16-30-52(51-29-15-26-41-17-13-14-27-49(41)51)53(50)43-35-37-48(38-36-43)58-63-56(46-22-9-3-10-23-46)62-57(64-58)47-24-11-4-12-25-47/h1-38H,39H2,(H2,59,60,61). The first-order chi connectivity index (χ1) is 31.6. The predicted octanol–water partition coefficient (Wildman–Crippen LogP) is 13.4. The molecule has 0 bridgehead atoms. The number of aromatic nitrogens is 3. The molecular weight excluding hydrogens is 781 g/mol. The Hall–Kier alpha value is -8.61. The Morgan fingerprint density at radius 1 is 0.375 bits per heavy atom. The first-order valence-electron chi connectivity index (χ1n) is 21.3. The number of hydrogen-bond acceptors (Lipinski definition) is 4. The van der Waals surface area contributed by atoms with Gasteiger partial charge in [-0.25, -0.2) is 19.9 Å². The molecule has 0 spiro atoms. The smallest absolute Gasteiger partial charge is 0.164 e. The van der Waals surface area contributed by atoms with Crippen molar-refractivity contribution in [2.75, 3.05) is 0 Å². The summed E-state index contributed by atoms with van der Waals surface area (Å²) in [7, 11) is 0. The van der Waals surface area contributed by atoms with Gasteiger partial charge < -0.3 is 5.73 Å². The number of aliphatic imine (C=N–C) groups is 2. The average Bonchev–Trinajstić information content (AvgIpc) is 3.38. The number of hydrogen-bond donors (Lipinski definition) is 1. The van der Waals surface area contributed by atoms with E-state index in [-0.39, 0.29) is 0 Å². The van der Waals surface area contributed by atoms with E-state index in [0.717, 1.165) is 61.2 Å². The molecule has 6 heteroatoms. The van der Waals surface area contributed by atoms with E-state index >= 15 is 0 Å². The lowest BCUT2D eigenvalue weighted by molar-refractivity contribution is 1.06. The highest BCUT2D eigenvalue weighted by atomic mass is 15.0. The maximum Gasteiger partial charge on any atom is 0.164 e. The maximum absolute atomic E-state index is 6.49. The largest absolute Gasteiger partial charge is 0.383 e. The van der Waals surface area contributed by atoms with Crippen LogP contribution in [0.2, 0.25) is 0 Å². The van der Waals surface area contributed by atoms with Crippen molar-refractivity contribution in [2.24, 2.45) is 15.7 Å². The number of amidine groups is 2. The second kappa shape index (κ2) is 18.2. The van der Waals surface area contributed by atoms with Crippen LogP contribution in [0, 0.1) is 0 Å². The molecule has 0 unspecified atom stereocenters. The van der Waals surface area contributed by atoms with Crippen LogP contribution in [-0.2, 0) is 6.54 Å². The fourth-order valence-electron chi connectivity index (χ4n) is 8.03. The van der Waals surface area contributed by atoms with E-state index in [1.54, 1.807) is 0 Å². The van der Waals surface area contributed by atoms with Crippen LogP contribution in [0.25, 0.3) is 78.3 Å². The number of rotatable bonds is 10. The zero-order valence-corrected chi connectivity index (χ0v) is 35.0. The lowest BCUT2D eigenvalue weighted by Gasteiger charge is -2.18. The van der Waals surface area contributed by atoms with Crippen molar-refractivity contribution < 1.29 is 0 Å². The number of benzene rings is 9. The van der Waals surface area contributed by atoms with Crippen molar-refractivity contribution in [3.8, 4) is 67.5 Å². The molecule has 2 N–H and O–H groups in total. The Morgan fingerprint density at radius 3 is 1.45 bits per heavy atom. The van der Waals surface area contributed by atoms with E-state index < -0.39 is 0 Å². The second-order valence-electron chi connectivity index (χ2n) is 15.4. The van der Waals surface area contributed by atoms with E-state index in [2.05, 4.69) is 109 Å². The van der Waals surface area contributed by atoms with Gasteiger partial charge in [-0.2, -0.15) is 0 Å². The quantitative estimate of drug-likeness (QED) is 0.110. The van der Waals surface area contributed by atoms with Crippen LogP contribution in [0.4, 0.5) is 0 Å². The van der Waals surface area contributed by atoms with Gasteiger partial charge in [-0.1, -0.05) is 231 Å². The van der Waals surface area contributed by atoms with Crippen LogP contribution in [-0.4, -0.2) is 26.6 Å². The van der Waals surface area contributed by atoms with Crippen molar-refractivity contribution in [1.82, 2.24) is 15.0 Å². The SMILES string of the molecule is N/C(=N\C(=N/Cc1ccc(-c2cccc(-c3cccc4ccccc34)c2-c2ccc(-c3nc(-c4ccccc4)nc(-c4ccccc4)n3)cc2)cc1)c1ccccc1)c1ccccc1. The van der Waals surface area contributed by atoms with Gasteiger partial charge in [-0.05, 0) is 49.7 Å². The van der Waals surface area contributed by atoms with Gasteiger partial charge in [0.2, 0.25) is 0 Å².